The largest absolute Gasteiger partial charge is 0.484 e. The van der Waals surface area contributed by atoms with Crippen molar-refractivity contribution in [3.8, 4) is 5.75 Å². The van der Waals surface area contributed by atoms with Crippen LogP contribution in [0.3, 0.4) is 0 Å². The van der Waals surface area contributed by atoms with Crippen LogP contribution in [0, 0.1) is 0 Å². The summed E-state index contributed by atoms with van der Waals surface area (Å²) < 4.78 is 5.55. The highest BCUT2D eigenvalue weighted by atomic mass is 35.5. The third kappa shape index (κ3) is 5.76. The van der Waals surface area contributed by atoms with E-state index in [4.69, 9.17) is 16.3 Å². The number of piperazine rings is 2. The molecule has 2 aromatic rings. The highest BCUT2D eigenvalue weighted by Crippen LogP contribution is 2.19. The van der Waals surface area contributed by atoms with Gasteiger partial charge in [-0.2, -0.15) is 0 Å². The molecule has 0 bridgehead atoms. The zero-order valence-electron chi connectivity index (χ0n) is 18.3. The summed E-state index contributed by atoms with van der Waals surface area (Å²) in [5.74, 6) is -0.247. The number of ether oxygens (including phenoxy) is 1. The molecule has 1 atom stereocenters. The lowest BCUT2D eigenvalue weighted by atomic mass is 10.1. The summed E-state index contributed by atoms with van der Waals surface area (Å²) in [4.78, 5) is 43.8. The van der Waals surface area contributed by atoms with Gasteiger partial charge in [0, 0.05) is 50.0 Å². The van der Waals surface area contributed by atoms with E-state index in [9.17, 15) is 14.4 Å². The number of benzene rings is 2. The van der Waals surface area contributed by atoms with Gasteiger partial charge in [0.05, 0.1) is 6.42 Å². The van der Waals surface area contributed by atoms with E-state index in [0.29, 0.717) is 37.0 Å². The number of carbonyl (C=O) groups excluding carboxylic acids is 3. The molecule has 2 aromatic carbocycles. The molecular formula is C24H27ClN4O4. The normalized spacial score (nSPS) is 18.6. The monoisotopic (exact) mass is 470 g/mol. The average Bonchev–Trinajstić information content (AvgIpc) is 2.85. The van der Waals surface area contributed by atoms with Crippen molar-refractivity contribution in [2.75, 3.05) is 50.8 Å². The van der Waals surface area contributed by atoms with Crippen LogP contribution in [0.15, 0.2) is 54.6 Å². The first-order valence-corrected chi connectivity index (χ1v) is 11.4. The quantitative estimate of drug-likeness (QED) is 0.696. The average molecular weight is 471 g/mol. The first kappa shape index (κ1) is 22.9. The maximum atomic E-state index is 13.0. The molecule has 174 valence electrons. The highest BCUT2D eigenvalue weighted by Gasteiger charge is 2.36. The lowest BCUT2D eigenvalue weighted by molar-refractivity contribution is -0.148. The lowest BCUT2D eigenvalue weighted by Gasteiger charge is -2.38. The maximum Gasteiger partial charge on any atom is 0.261 e. The van der Waals surface area contributed by atoms with Crippen LogP contribution in [0.2, 0.25) is 5.02 Å². The van der Waals surface area contributed by atoms with Crippen LogP contribution in [0.1, 0.15) is 6.42 Å². The second-order valence-electron chi connectivity index (χ2n) is 8.04. The van der Waals surface area contributed by atoms with Gasteiger partial charge in [-0.15, -0.1) is 0 Å². The van der Waals surface area contributed by atoms with Gasteiger partial charge in [0.1, 0.15) is 11.8 Å². The van der Waals surface area contributed by atoms with E-state index in [1.165, 1.54) is 4.90 Å². The van der Waals surface area contributed by atoms with Gasteiger partial charge in [0.2, 0.25) is 11.8 Å². The van der Waals surface area contributed by atoms with Gasteiger partial charge in [0.25, 0.3) is 5.91 Å². The van der Waals surface area contributed by atoms with E-state index in [0.717, 1.165) is 18.8 Å². The first-order valence-electron chi connectivity index (χ1n) is 11.0. The standard InChI is InChI=1S/C24H27ClN4O4/c25-18-6-8-20(9-7-18)33-17-23(31)29-11-10-26-24(32)21(29)16-22(30)28-14-12-27(13-15-28)19-4-2-1-3-5-19/h1-9,21H,10-17H2,(H,26,32)/t21-/m0/s1. The van der Waals surface area contributed by atoms with Crippen LogP contribution < -0.4 is 15.0 Å². The molecule has 2 aliphatic heterocycles. The van der Waals surface area contributed by atoms with Gasteiger partial charge in [-0.05, 0) is 36.4 Å². The molecule has 2 heterocycles. The Morgan fingerprint density at radius 1 is 0.939 bits per heavy atom. The van der Waals surface area contributed by atoms with Crippen LogP contribution in [0.25, 0.3) is 0 Å². The molecule has 9 heteroatoms. The Morgan fingerprint density at radius 2 is 1.64 bits per heavy atom. The third-order valence-electron chi connectivity index (χ3n) is 5.95. The van der Waals surface area contributed by atoms with Gasteiger partial charge < -0.3 is 24.8 Å². The van der Waals surface area contributed by atoms with E-state index >= 15 is 0 Å². The number of hydrogen-bond acceptors (Lipinski definition) is 5. The fourth-order valence-corrected chi connectivity index (χ4v) is 4.25. The van der Waals surface area contributed by atoms with Gasteiger partial charge in [-0.25, -0.2) is 0 Å². The Kier molecular flexibility index (Phi) is 7.34. The van der Waals surface area contributed by atoms with Crippen molar-refractivity contribution in [3.63, 3.8) is 0 Å². The van der Waals surface area contributed by atoms with Crippen molar-refractivity contribution >= 4 is 35.0 Å². The van der Waals surface area contributed by atoms with E-state index in [2.05, 4.69) is 22.3 Å². The third-order valence-corrected chi connectivity index (χ3v) is 6.20. The SMILES string of the molecule is O=C1NCCN(C(=O)COc2ccc(Cl)cc2)[C@H]1CC(=O)N1CCN(c2ccccc2)CC1. The van der Waals surface area contributed by atoms with Gasteiger partial charge >= 0.3 is 0 Å². The first-order chi connectivity index (χ1) is 16.0. The summed E-state index contributed by atoms with van der Waals surface area (Å²) >= 11 is 5.87. The summed E-state index contributed by atoms with van der Waals surface area (Å²) in [5, 5.41) is 3.34. The van der Waals surface area contributed by atoms with Crippen molar-refractivity contribution in [1.82, 2.24) is 15.1 Å². The Bertz CT molecular complexity index is 978. The summed E-state index contributed by atoms with van der Waals surface area (Å²) in [6, 6.07) is 15.9. The summed E-state index contributed by atoms with van der Waals surface area (Å²) in [5.41, 5.74) is 1.13. The molecule has 0 spiro atoms. The molecule has 4 rings (SSSR count). The zero-order chi connectivity index (χ0) is 23.2. The van der Waals surface area contributed by atoms with Crippen molar-refractivity contribution in [1.29, 1.82) is 0 Å². The Balaban J connectivity index is 1.32. The second-order valence-corrected chi connectivity index (χ2v) is 8.48. The van der Waals surface area contributed by atoms with Crippen LogP contribution in [0.5, 0.6) is 5.75 Å². The minimum atomic E-state index is -0.834. The zero-order valence-corrected chi connectivity index (χ0v) is 19.0. The minimum Gasteiger partial charge on any atom is -0.484 e. The molecule has 0 aromatic heterocycles. The smallest absolute Gasteiger partial charge is 0.261 e. The van der Waals surface area contributed by atoms with E-state index in [1.807, 2.05) is 18.2 Å². The predicted molar refractivity (Wildman–Crippen MR) is 125 cm³/mol. The van der Waals surface area contributed by atoms with Gasteiger partial charge in [0.15, 0.2) is 6.61 Å². The molecule has 33 heavy (non-hydrogen) atoms. The second kappa shape index (κ2) is 10.6. The molecule has 0 saturated carbocycles. The number of carbonyl (C=O) groups is 3. The van der Waals surface area contributed by atoms with E-state index < -0.39 is 6.04 Å². The molecule has 2 saturated heterocycles. The Labute approximate surface area is 198 Å². The summed E-state index contributed by atoms with van der Waals surface area (Å²) in [7, 11) is 0. The lowest BCUT2D eigenvalue weighted by Crippen LogP contribution is -2.60. The minimum absolute atomic E-state index is 0.0378. The molecule has 0 unspecified atom stereocenters. The van der Waals surface area contributed by atoms with Crippen LogP contribution >= 0.6 is 11.6 Å². The molecule has 2 aliphatic rings. The number of halogens is 1. The fourth-order valence-electron chi connectivity index (χ4n) is 4.12. The molecule has 0 aliphatic carbocycles. The fraction of sp³-hybridized carbons (Fsp3) is 0.375. The van der Waals surface area contributed by atoms with Crippen LogP contribution in [0.4, 0.5) is 5.69 Å². The number of nitrogens with zero attached hydrogens (tertiary/aromatic N) is 3. The number of nitrogens with one attached hydrogen (secondary N) is 1. The summed E-state index contributed by atoms with van der Waals surface area (Å²) in [6.07, 6.45) is -0.0378. The molecule has 3 amide bonds. The van der Waals surface area contributed by atoms with Gasteiger partial charge in [-0.3, -0.25) is 14.4 Å². The van der Waals surface area contributed by atoms with E-state index in [-0.39, 0.29) is 30.7 Å². The molecular weight excluding hydrogens is 444 g/mol. The maximum absolute atomic E-state index is 13.0. The number of rotatable bonds is 6. The molecule has 8 nitrogen and oxygen atoms in total. The summed E-state index contributed by atoms with van der Waals surface area (Å²) in [6.45, 7) is 3.09. The topological polar surface area (TPSA) is 82.2 Å². The number of hydrogen-bond donors (Lipinski definition) is 1. The number of amides is 3. The van der Waals surface area contributed by atoms with Gasteiger partial charge in [-0.1, -0.05) is 29.8 Å². The molecule has 1 N–H and O–H groups in total. The van der Waals surface area contributed by atoms with Crippen LogP contribution in [-0.2, 0) is 14.4 Å². The highest BCUT2D eigenvalue weighted by molar-refractivity contribution is 6.30. The van der Waals surface area contributed by atoms with Crippen LogP contribution in [-0.4, -0.2) is 79.4 Å². The Morgan fingerprint density at radius 3 is 2.33 bits per heavy atom. The van der Waals surface area contributed by atoms with E-state index in [1.54, 1.807) is 29.2 Å². The Hall–Kier alpha value is -3.26. The number of para-hydroxylation sites is 1. The van der Waals surface area contributed by atoms with Crippen molar-refractivity contribution in [2.24, 2.45) is 0 Å². The molecule has 0 radical (unpaired) electrons. The van der Waals surface area contributed by atoms with Crippen molar-refractivity contribution in [2.45, 2.75) is 12.5 Å². The molecule has 2 fully saturated rings. The van der Waals surface area contributed by atoms with Crippen molar-refractivity contribution in [3.05, 3.63) is 59.6 Å². The van der Waals surface area contributed by atoms with Crippen molar-refractivity contribution < 1.29 is 19.1 Å². The number of anilines is 1. The predicted octanol–water partition coefficient (Wildman–Crippen LogP) is 1.78.